The molecule has 2 aromatic carbocycles. The number of sulfonamides is 1. The van der Waals surface area contributed by atoms with Crippen molar-refractivity contribution in [2.24, 2.45) is 0 Å². The van der Waals surface area contributed by atoms with E-state index in [0.717, 1.165) is 12.1 Å². The fraction of sp³-hybridized carbons (Fsp3) is 0.278. The Kier molecular flexibility index (Phi) is 7.45. The summed E-state index contributed by atoms with van der Waals surface area (Å²) in [5.41, 5.74) is -0.0844. The van der Waals surface area contributed by atoms with Gasteiger partial charge in [0.25, 0.3) is 0 Å². The Morgan fingerprint density at radius 1 is 1.00 bits per heavy atom. The molecule has 0 saturated heterocycles. The molecule has 5 nitrogen and oxygen atoms in total. The average molecular weight is 435 g/mol. The van der Waals surface area contributed by atoms with E-state index in [9.17, 15) is 26.4 Å². The molecule has 28 heavy (non-hydrogen) atoms. The Morgan fingerprint density at radius 2 is 1.64 bits per heavy atom. The monoisotopic (exact) mass is 434 g/mol. The van der Waals surface area contributed by atoms with Crippen LogP contribution in [-0.4, -0.2) is 27.4 Å². The van der Waals surface area contributed by atoms with Gasteiger partial charge in [-0.25, -0.2) is 13.1 Å². The van der Waals surface area contributed by atoms with Gasteiger partial charge < -0.3 is 5.32 Å². The predicted molar refractivity (Wildman–Crippen MR) is 99.4 cm³/mol. The van der Waals surface area contributed by atoms with E-state index in [1.165, 1.54) is 30.3 Å². The lowest BCUT2D eigenvalue weighted by atomic mass is 10.1. The van der Waals surface area contributed by atoms with Gasteiger partial charge in [0.1, 0.15) is 4.90 Å². The van der Waals surface area contributed by atoms with Gasteiger partial charge in [-0.3, -0.25) is 4.79 Å². The van der Waals surface area contributed by atoms with Crippen molar-refractivity contribution in [3.05, 3.63) is 64.7 Å². The molecule has 0 heterocycles. The van der Waals surface area contributed by atoms with Gasteiger partial charge in [-0.05, 0) is 36.2 Å². The molecular weight excluding hydrogens is 417 g/mol. The Bertz CT molecular complexity index is 916. The zero-order valence-electron chi connectivity index (χ0n) is 14.6. The largest absolute Gasteiger partial charge is 0.416 e. The van der Waals surface area contributed by atoms with E-state index >= 15 is 0 Å². The van der Waals surface area contributed by atoms with Crippen molar-refractivity contribution in [3.63, 3.8) is 0 Å². The number of rotatable bonds is 8. The molecule has 0 aliphatic heterocycles. The molecule has 0 fully saturated rings. The SMILES string of the molecule is O=C(CCNS(=O)(=O)c1ccccc1Cl)NCCc1ccc(C(F)(F)F)cc1. The lowest BCUT2D eigenvalue weighted by molar-refractivity contribution is -0.137. The summed E-state index contributed by atoms with van der Waals surface area (Å²) in [5, 5.41) is 2.67. The van der Waals surface area contributed by atoms with Crippen molar-refractivity contribution < 1.29 is 26.4 Å². The molecule has 0 unspecified atom stereocenters. The number of hydrogen-bond donors (Lipinski definition) is 2. The number of carbonyl (C=O) groups is 1. The van der Waals surface area contributed by atoms with Crippen LogP contribution >= 0.6 is 11.6 Å². The van der Waals surface area contributed by atoms with Crippen LogP contribution in [0.3, 0.4) is 0 Å². The summed E-state index contributed by atoms with van der Waals surface area (Å²) in [6.07, 6.45) is -4.12. The molecule has 0 spiro atoms. The summed E-state index contributed by atoms with van der Waals surface area (Å²) in [6, 6.07) is 10.6. The van der Waals surface area contributed by atoms with Crippen LogP contribution in [0.15, 0.2) is 53.4 Å². The fourth-order valence-corrected chi connectivity index (χ4v) is 3.88. The third kappa shape index (κ3) is 6.50. The van der Waals surface area contributed by atoms with Gasteiger partial charge in [-0.2, -0.15) is 13.2 Å². The molecule has 0 saturated carbocycles. The zero-order valence-corrected chi connectivity index (χ0v) is 16.2. The Morgan fingerprint density at radius 3 is 2.25 bits per heavy atom. The summed E-state index contributed by atoms with van der Waals surface area (Å²) in [5.74, 6) is -0.381. The topological polar surface area (TPSA) is 75.3 Å². The number of carbonyl (C=O) groups excluding carboxylic acids is 1. The van der Waals surface area contributed by atoms with Gasteiger partial charge in [-0.1, -0.05) is 35.9 Å². The maximum Gasteiger partial charge on any atom is 0.416 e. The zero-order chi connectivity index (χ0) is 20.8. The lowest BCUT2D eigenvalue weighted by Crippen LogP contribution is -2.31. The average Bonchev–Trinajstić information content (AvgIpc) is 2.61. The maximum absolute atomic E-state index is 12.5. The second-order valence-electron chi connectivity index (χ2n) is 5.87. The van der Waals surface area contributed by atoms with Crippen LogP contribution in [0.2, 0.25) is 5.02 Å². The molecule has 152 valence electrons. The van der Waals surface area contributed by atoms with E-state index in [1.807, 2.05) is 0 Å². The first-order valence-corrected chi connectivity index (χ1v) is 10.1. The van der Waals surface area contributed by atoms with Crippen molar-refractivity contribution in [1.82, 2.24) is 10.0 Å². The van der Waals surface area contributed by atoms with Gasteiger partial charge in [0.2, 0.25) is 15.9 Å². The third-order valence-corrected chi connectivity index (χ3v) is 5.75. The summed E-state index contributed by atoms with van der Waals surface area (Å²) >= 11 is 5.85. The molecule has 0 atom stereocenters. The molecular formula is C18H18ClF3N2O3S. The second-order valence-corrected chi connectivity index (χ2v) is 8.02. The van der Waals surface area contributed by atoms with E-state index in [2.05, 4.69) is 10.0 Å². The Hall–Kier alpha value is -2.10. The third-order valence-electron chi connectivity index (χ3n) is 3.79. The molecule has 0 radical (unpaired) electrons. The van der Waals surface area contributed by atoms with E-state index in [0.29, 0.717) is 12.0 Å². The highest BCUT2D eigenvalue weighted by Crippen LogP contribution is 2.29. The number of amides is 1. The first kappa shape index (κ1) is 22.2. The number of nitrogens with one attached hydrogen (secondary N) is 2. The molecule has 2 N–H and O–H groups in total. The number of alkyl halides is 3. The molecule has 0 bridgehead atoms. The van der Waals surface area contributed by atoms with Crippen molar-refractivity contribution in [2.45, 2.75) is 23.9 Å². The number of benzene rings is 2. The van der Waals surface area contributed by atoms with Crippen molar-refractivity contribution >= 4 is 27.5 Å². The second kappa shape index (κ2) is 9.40. The Balaban J connectivity index is 1.74. The van der Waals surface area contributed by atoms with Crippen LogP contribution in [-0.2, 0) is 27.4 Å². The first-order chi connectivity index (χ1) is 13.1. The minimum Gasteiger partial charge on any atom is -0.356 e. The van der Waals surface area contributed by atoms with Crippen LogP contribution in [0.4, 0.5) is 13.2 Å². The van der Waals surface area contributed by atoms with E-state index in [4.69, 9.17) is 11.6 Å². The van der Waals surface area contributed by atoms with Gasteiger partial charge in [0.05, 0.1) is 10.6 Å². The molecule has 0 aliphatic rings. The highest BCUT2D eigenvalue weighted by Gasteiger charge is 2.29. The fourth-order valence-electron chi connectivity index (χ4n) is 2.33. The smallest absolute Gasteiger partial charge is 0.356 e. The standard InChI is InChI=1S/C18H18ClF3N2O3S/c19-15-3-1-2-4-16(15)28(26,27)24-12-10-17(25)23-11-9-13-5-7-14(8-6-13)18(20,21)22/h1-8,24H,9-12H2,(H,23,25). The summed E-state index contributed by atoms with van der Waals surface area (Å²) in [7, 11) is -3.82. The minimum absolute atomic E-state index is 0.0700. The maximum atomic E-state index is 12.5. The summed E-state index contributed by atoms with van der Waals surface area (Å²) < 4.78 is 64.0. The van der Waals surface area contributed by atoms with Crippen molar-refractivity contribution in [1.29, 1.82) is 0 Å². The highest BCUT2D eigenvalue weighted by atomic mass is 35.5. The molecule has 2 rings (SSSR count). The normalized spacial score (nSPS) is 12.0. The molecule has 0 aliphatic carbocycles. The van der Waals surface area contributed by atoms with Gasteiger partial charge >= 0.3 is 6.18 Å². The molecule has 0 aromatic heterocycles. The first-order valence-electron chi connectivity index (χ1n) is 8.26. The molecule has 1 amide bonds. The van der Waals surface area contributed by atoms with E-state index in [1.54, 1.807) is 6.07 Å². The van der Waals surface area contributed by atoms with E-state index < -0.39 is 21.8 Å². The van der Waals surface area contributed by atoms with Gasteiger partial charge in [0.15, 0.2) is 0 Å². The van der Waals surface area contributed by atoms with Gasteiger partial charge in [-0.15, -0.1) is 0 Å². The van der Waals surface area contributed by atoms with E-state index in [-0.39, 0.29) is 35.3 Å². The highest BCUT2D eigenvalue weighted by molar-refractivity contribution is 7.89. The number of hydrogen-bond acceptors (Lipinski definition) is 3. The lowest BCUT2D eigenvalue weighted by Gasteiger charge is -2.09. The van der Waals surface area contributed by atoms with Crippen LogP contribution in [0, 0.1) is 0 Å². The molecule has 2 aromatic rings. The Labute approximate surface area is 166 Å². The van der Waals surface area contributed by atoms with Crippen LogP contribution < -0.4 is 10.0 Å². The van der Waals surface area contributed by atoms with Crippen LogP contribution in [0.1, 0.15) is 17.5 Å². The van der Waals surface area contributed by atoms with Crippen molar-refractivity contribution in [3.8, 4) is 0 Å². The predicted octanol–water partition coefficient (Wildman–Crippen LogP) is 3.39. The van der Waals surface area contributed by atoms with Gasteiger partial charge in [0, 0.05) is 19.5 Å². The van der Waals surface area contributed by atoms with Crippen molar-refractivity contribution in [2.75, 3.05) is 13.1 Å². The van der Waals surface area contributed by atoms with Crippen LogP contribution in [0.25, 0.3) is 0 Å². The minimum atomic E-state index is -4.38. The quantitative estimate of drug-likeness (QED) is 0.668. The van der Waals surface area contributed by atoms with Crippen LogP contribution in [0.5, 0.6) is 0 Å². The number of halogens is 4. The summed E-state index contributed by atoms with van der Waals surface area (Å²) in [4.78, 5) is 11.7. The summed E-state index contributed by atoms with van der Waals surface area (Å²) in [6.45, 7) is 0.112. The molecule has 10 heteroatoms.